The van der Waals surface area contributed by atoms with E-state index >= 15 is 0 Å². The lowest BCUT2D eigenvalue weighted by molar-refractivity contribution is -0.130. The van der Waals surface area contributed by atoms with Gasteiger partial charge in [-0.1, -0.05) is 42.8 Å². The summed E-state index contributed by atoms with van der Waals surface area (Å²) in [5, 5.41) is 4.05. The number of aromatic amines is 1. The summed E-state index contributed by atoms with van der Waals surface area (Å²) in [5.74, 6) is 1.63. The molecule has 37 heavy (non-hydrogen) atoms. The number of fused-ring (bicyclic) bond motifs is 2. The number of aromatic nitrogens is 3. The Morgan fingerprint density at radius 3 is 2.57 bits per heavy atom. The Morgan fingerprint density at radius 2 is 1.89 bits per heavy atom. The van der Waals surface area contributed by atoms with E-state index in [1.807, 2.05) is 4.90 Å². The van der Waals surface area contributed by atoms with E-state index in [1.54, 1.807) is 13.1 Å². The molecule has 10 heteroatoms. The van der Waals surface area contributed by atoms with Crippen molar-refractivity contribution in [3.05, 3.63) is 41.0 Å². The van der Waals surface area contributed by atoms with Crippen molar-refractivity contribution < 1.29 is 9.59 Å². The molecule has 3 aliphatic rings. The van der Waals surface area contributed by atoms with Gasteiger partial charge in [-0.25, -0.2) is 9.97 Å². The minimum atomic E-state index is -0.259. The van der Waals surface area contributed by atoms with Crippen LogP contribution < -0.4 is 11.1 Å². The van der Waals surface area contributed by atoms with Crippen LogP contribution in [0.3, 0.4) is 0 Å². The van der Waals surface area contributed by atoms with Gasteiger partial charge >= 0.3 is 0 Å². The molecule has 0 spiro atoms. The van der Waals surface area contributed by atoms with E-state index < -0.39 is 0 Å². The fourth-order valence-electron chi connectivity index (χ4n) is 6.37. The lowest BCUT2D eigenvalue weighted by Gasteiger charge is -2.34. The summed E-state index contributed by atoms with van der Waals surface area (Å²) in [6, 6.07) is 8.31. The second-order valence-electron chi connectivity index (χ2n) is 10.8. The fourth-order valence-corrected chi connectivity index (χ4v) is 6.57. The molecular weight excluding hydrogens is 490 g/mol. The highest BCUT2D eigenvalue weighted by Gasteiger charge is 2.59. The molecule has 2 aromatic heterocycles. The number of nitrogens with zero attached hydrogens (tertiary/aromatic N) is 4. The van der Waals surface area contributed by atoms with Crippen molar-refractivity contribution in [3.8, 4) is 11.4 Å². The largest absolute Gasteiger partial charge is 0.378 e. The monoisotopic (exact) mass is 521 g/mol. The number of anilines is 1. The van der Waals surface area contributed by atoms with E-state index in [0.717, 1.165) is 55.9 Å². The number of piperazine rings is 1. The van der Waals surface area contributed by atoms with Gasteiger partial charge < -0.3 is 20.9 Å². The van der Waals surface area contributed by atoms with Gasteiger partial charge in [0.1, 0.15) is 11.3 Å². The topological polar surface area (TPSA) is 120 Å². The number of carbonyl (C=O) groups is 2. The van der Waals surface area contributed by atoms with Gasteiger partial charge in [-0.15, -0.1) is 0 Å². The van der Waals surface area contributed by atoms with E-state index in [9.17, 15) is 9.59 Å². The van der Waals surface area contributed by atoms with Gasteiger partial charge in [-0.2, -0.15) is 0 Å². The Balaban J connectivity index is 1.20. The summed E-state index contributed by atoms with van der Waals surface area (Å²) in [4.78, 5) is 40.6. The van der Waals surface area contributed by atoms with E-state index in [4.69, 9.17) is 22.3 Å². The summed E-state index contributed by atoms with van der Waals surface area (Å²) in [5.41, 5.74) is 9.97. The summed E-state index contributed by atoms with van der Waals surface area (Å²) in [6.45, 7) is 7.91. The van der Waals surface area contributed by atoms with Gasteiger partial charge in [0.15, 0.2) is 5.65 Å². The molecular formula is C27H32ClN7O2. The molecule has 9 nitrogen and oxygen atoms in total. The molecule has 2 aliphatic carbocycles. The van der Waals surface area contributed by atoms with Crippen LogP contribution in [0, 0.1) is 23.7 Å². The van der Waals surface area contributed by atoms with Crippen molar-refractivity contribution in [2.24, 2.45) is 29.4 Å². The summed E-state index contributed by atoms with van der Waals surface area (Å²) >= 11 is 6.59. The zero-order valence-electron chi connectivity index (χ0n) is 21.1. The molecule has 2 saturated carbocycles. The number of nitrogens with two attached hydrogens (primary N) is 1. The first-order valence-corrected chi connectivity index (χ1v) is 13.3. The van der Waals surface area contributed by atoms with E-state index in [2.05, 4.69) is 51.4 Å². The molecule has 1 saturated heterocycles. The Bertz CT molecular complexity index is 1350. The first-order chi connectivity index (χ1) is 17.8. The summed E-state index contributed by atoms with van der Waals surface area (Å²) in [7, 11) is 0. The minimum absolute atomic E-state index is 0.0380. The number of hydrogen-bond donors (Lipinski definition) is 3. The smallest absolute Gasteiger partial charge is 0.222 e. The van der Waals surface area contributed by atoms with Crippen LogP contribution in [-0.4, -0.2) is 68.8 Å². The fraction of sp³-hybridized carbons (Fsp3) is 0.481. The van der Waals surface area contributed by atoms with Crippen LogP contribution in [-0.2, 0) is 16.1 Å². The average molecular weight is 522 g/mol. The Kier molecular flexibility index (Phi) is 6.07. The Morgan fingerprint density at radius 1 is 1.16 bits per heavy atom. The zero-order chi connectivity index (χ0) is 25.8. The summed E-state index contributed by atoms with van der Waals surface area (Å²) in [6.07, 6.45) is 2.72. The quantitative estimate of drug-likeness (QED) is 0.458. The third kappa shape index (κ3) is 4.44. The van der Waals surface area contributed by atoms with Crippen LogP contribution >= 0.6 is 11.6 Å². The van der Waals surface area contributed by atoms with Crippen LogP contribution in [0.2, 0.25) is 5.02 Å². The lowest BCUT2D eigenvalue weighted by Crippen LogP contribution is -2.47. The van der Waals surface area contributed by atoms with E-state index in [0.29, 0.717) is 28.3 Å². The van der Waals surface area contributed by atoms with Crippen LogP contribution in [0.5, 0.6) is 0 Å². The zero-order valence-corrected chi connectivity index (χ0v) is 21.8. The SMILES string of the molecule is CC(=O)N1CCN(Cc2ccc(-c3nc4ncc(Cl)c(N[C@H]5[C@@H](C(N)=O)[C@@H](C)C6C[C@@H]65)c4[nH]3)cc2)CC1. The highest BCUT2D eigenvalue weighted by atomic mass is 35.5. The molecule has 194 valence electrons. The second-order valence-corrected chi connectivity index (χ2v) is 11.2. The number of imidazole rings is 1. The maximum Gasteiger partial charge on any atom is 0.222 e. The van der Waals surface area contributed by atoms with Gasteiger partial charge in [-0.3, -0.25) is 14.5 Å². The number of rotatable bonds is 6. The van der Waals surface area contributed by atoms with Crippen molar-refractivity contribution in [2.45, 2.75) is 32.9 Å². The number of pyridine rings is 1. The second kappa shape index (κ2) is 9.29. The highest BCUT2D eigenvalue weighted by molar-refractivity contribution is 6.34. The van der Waals surface area contributed by atoms with Crippen molar-refractivity contribution >= 4 is 40.3 Å². The number of nitrogens with one attached hydrogen (secondary N) is 2. The molecule has 4 N–H and O–H groups in total. The van der Waals surface area contributed by atoms with E-state index in [-0.39, 0.29) is 29.7 Å². The standard InChI is InChI=1S/C27H32ClN7O2/c1-14-18-11-19(18)22(21(14)25(29)37)31-23-20(28)12-30-27-24(23)32-26(33-27)17-5-3-16(4-6-17)13-34-7-9-35(10-8-34)15(2)36/h3-6,12,14,18-19,21-22H,7-11,13H2,1-2H3,(H2,29,37)(H2,30,31,32,33)/t14-,18?,19-,21-,22+/m0/s1. The van der Waals surface area contributed by atoms with Crippen LogP contribution in [0.1, 0.15) is 25.8 Å². The average Bonchev–Trinajstić information content (AvgIpc) is 3.48. The first kappa shape index (κ1) is 24.2. The van der Waals surface area contributed by atoms with Gasteiger partial charge in [0.2, 0.25) is 11.8 Å². The molecule has 3 heterocycles. The van der Waals surface area contributed by atoms with Crippen molar-refractivity contribution in [2.75, 3.05) is 31.5 Å². The Labute approximate surface area is 220 Å². The molecule has 3 aromatic rings. The van der Waals surface area contributed by atoms with Gasteiger partial charge in [0, 0.05) is 51.3 Å². The van der Waals surface area contributed by atoms with Crippen LogP contribution in [0.15, 0.2) is 30.5 Å². The molecule has 3 fully saturated rings. The number of H-pyrrole nitrogens is 1. The van der Waals surface area contributed by atoms with E-state index in [1.165, 1.54) is 5.56 Å². The number of primary amides is 1. The normalized spacial score (nSPS) is 27.3. The van der Waals surface area contributed by atoms with Crippen molar-refractivity contribution in [1.29, 1.82) is 0 Å². The minimum Gasteiger partial charge on any atom is -0.378 e. The van der Waals surface area contributed by atoms with Crippen LogP contribution in [0.25, 0.3) is 22.6 Å². The van der Waals surface area contributed by atoms with Gasteiger partial charge in [0.05, 0.1) is 22.8 Å². The first-order valence-electron chi connectivity index (χ1n) is 13.0. The number of hydrogen-bond acceptors (Lipinski definition) is 6. The van der Waals surface area contributed by atoms with Crippen molar-refractivity contribution in [3.63, 3.8) is 0 Å². The van der Waals surface area contributed by atoms with Crippen molar-refractivity contribution in [1.82, 2.24) is 24.8 Å². The highest BCUT2D eigenvalue weighted by Crippen LogP contribution is 2.58. The third-order valence-electron chi connectivity index (χ3n) is 8.55. The number of benzene rings is 1. The molecule has 0 radical (unpaired) electrons. The summed E-state index contributed by atoms with van der Waals surface area (Å²) < 4.78 is 0. The van der Waals surface area contributed by atoms with Crippen LogP contribution in [0.4, 0.5) is 5.69 Å². The number of halogens is 1. The van der Waals surface area contributed by atoms with Gasteiger partial charge in [0.25, 0.3) is 0 Å². The third-order valence-corrected chi connectivity index (χ3v) is 8.83. The predicted molar refractivity (Wildman–Crippen MR) is 143 cm³/mol. The molecule has 6 rings (SSSR count). The molecule has 1 aromatic carbocycles. The molecule has 0 bridgehead atoms. The lowest BCUT2D eigenvalue weighted by atomic mass is 9.89. The maximum atomic E-state index is 12.2. The number of amides is 2. The number of carbonyl (C=O) groups excluding carboxylic acids is 2. The maximum absolute atomic E-state index is 12.2. The van der Waals surface area contributed by atoms with Gasteiger partial charge in [-0.05, 0) is 29.7 Å². The molecule has 1 unspecified atom stereocenters. The molecule has 5 atom stereocenters. The predicted octanol–water partition coefficient (Wildman–Crippen LogP) is 3.11. The molecule has 1 aliphatic heterocycles. The molecule has 2 amide bonds. The Hall–Kier alpha value is -3.17.